The van der Waals surface area contributed by atoms with Crippen molar-refractivity contribution >= 4 is 34.8 Å². The van der Waals surface area contributed by atoms with Crippen LogP contribution in [0.5, 0.6) is 0 Å². The van der Waals surface area contributed by atoms with E-state index in [1.807, 2.05) is 63.2 Å². The molecule has 0 saturated carbocycles. The molecule has 31 heavy (non-hydrogen) atoms. The van der Waals surface area contributed by atoms with Crippen molar-refractivity contribution in [2.24, 2.45) is 0 Å². The summed E-state index contributed by atoms with van der Waals surface area (Å²) in [4.78, 5) is 28.6. The van der Waals surface area contributed by atoms with Crippen LogP contribution in [-0.2, 0) is 4.79 Å². The van der Waals surface area contributed by atoms with E-state index in [1.165, 1.54) is 0 Å². The molecule has 3 rings (SSSR count). The zero-order valence-electron chi connectivity index (χ0n) is 18.5. The van der Waals surface area contributed by atoms with Gasteiger partial charge in [0.05, 0.1) is 0 Å². The molecule has 4 nitrogen and oxygen atoms in total. The van der Waals surface area contributed by atoms with Crippen LogP contribution >= 0.6 is 11.6 Å². The van der Waals surface area contributed by atoms with Gasteiger partial charge in [-0.3, -0.25) is 14.5 Å². The van der Waals surface area contributed by atoms with Crippen molar-refractivity contribution in [1.29, 1.82) is 0 Å². The lowest BCUT2D eigenvalue weighted by molar-refractivity contribution is -0.120. The summed E-state index contributed by atoms with van der Waals surface area (Å²) in [5, 5.41) is 3.59. The Bertz CT molecular complexity index is 1080. The largest absolute Gasteiger partial charge is 0.324 e. The molecule has 0 aromatic heterocycles. The van der Waals surface area contributed by atoms with E-state index >= 15 is 0 Å². The van der Waals surface area contributed by atoms with Gasteiger partial charge in [-0.2, -0.15) is 0 Å². The highest BCUT2D eigenvalue weighted by Crippen LogP contribution is 2.30. The third-order valence-electron chi connectivity index (χ3n) is 5.42. The highest BCUT2D eigenvalue weighted by molar-refractivity contribution is 6.30. The lowest BCUT2D eigenvalue weighted by atomic mass is 9.97. The maximum Gasteiger partial charge on any atom is 0.259 e. The number of amides is 2. The van der Waals surface area contributed by atoms with E-state index in [1.54, 1.807) is 43.0 Å². The molecule has 0 atom stereocenters. The first-order valence-corrected chi connectivity index (χ1v) is 10.5. The predicted octanol–water partition coefficient (Wildman–Crippen LogP) is 6.33. The highest BCUT2D eigenvalue weighted by atomic mass is 35.5. The molecular formula is C26H27ClN2O2. The minimum absolute atomic E-state index is 0.271. The number of nitrogens with one attached hydrogen (secondary N) is 1. The van der Waals surface area contributed by atoms with Crippen molar-refractivity contribution in [1.82, 2.24) is 0 Å². The van der Waals surface area contributed by atoms with Gasteiger partial charge in [-0.05, 0) is 82.1 Å². The zero-order valence-corrected chi connectivity index (χ0v) is 19.2. The Balaban J connectivity index is 2.04. The molecule has 5 heteroatoms. The number of aryl methyl sites for hydroxylation is 3. The first-order chi connectivity index (χ1) is 14.6. The van der Waals surface area contributed by atoms with E-state index in [0.717, 1.165) is 22.4 Å². The summed E-state index contributed by atoms with van der Waals surface area (Å²) < 4.78 is 0. The Kier molecular flexibility index (Phi) is 6.51. The van der Waals surface area contributed by atoms with Gasteiger partial charge >= 0.3 is 0 Å². The third-order valence-corrected chi connectivity index (χ3v) is 5.67. The minimum Gasteiger partial charge on any atom is -0.324 e. The van der Waals surface area contributed by atoms with E-state index in [0.29, 0.717) is 16.3 Å². The quantitative estimate of drug-likeness (QED) is 0.510. The van der Waals surface area contributed by atoms with Crippen molar-refractivity contribution in [3.05, 3.63) is 94.0 Å². The Hall–Kier alpha value is -3.11. The van der Waals surface area contributed by atoms with Crippen LogP contribution in [0.1, 0.15) is 40.9 Å². The maximum absolute atomic E-state index is 13.6. The average Bonchev–Trinajstić information content (AvgIpc) is 2.72. The van der Waals surface area contributed by atoms with Crippen molar-refractivity contribution < 1.29 is 9.59 Å². The summed E-state index contributed by atoms with van der Waals surface area (Å²) in [5.41, 5.74) is 3.71. The topological polar surface area (TPSA) is 49.4 Å². The van der Waals surface area contributed by atoms with E-state index in [9.17, 15) is 9.59 Å². The lowest BCUT2D eigenvalue weighted by Gasteiger charge is -2.37. The molecule has 0 fully saturated rings. The van der Waals surface area contributed by atoms with Gasteiger partial charge in [-0.1, -0.05) is 47.5 Å². The molecule has 0 aliphatic rings. The van der Waals surface area contributed by atoms with E-state index < -0.39 is 5.54 Å². The van der Waals surface area contributed by atoms with Gasteiger partial charge in [0.15, 0.2) is 0 Å². The standard InChI is InChI=1S/C26H27ClN2O2/c1-17-9-15-22(16-10-17)29(24(30)20-11-13-21(27)14-12-20)26(4,5)25(31)28-23-18(2)7-6-8-19(23)3/h6-16H,1-5H3,(H,28,31). The SMILES string of the molecule is Cc1ccc(N(C(=O)c2ccc(Cl)cc2)C(C)(C)C(=O)Nc2c(C)cccc2C)cc1. The number of carbonyl (C=O) groups excluding carboxylic acids is 2. The van der Waals surface area contributed by atoms with Crippen LogP contribution < -0.4 is 10.2 Å². The number of halogens is 1. The second-order valence-corrected chi connectivity index (χ2v) is 8.70. The summed E-state index contributed by atoms with van der Waals surface area (Å²) in [6.07, 6.45) is 0. The van der Waals surface area contributed by atoms with Crippen molar-refractivity contribution in [2.75, 3.05) is 10.2 Å². The molecule has 1 N–H and O–H groups in total. The maximum atomic E-state index is 13.6. The number of para-hydroxylation sites is 1. The van der Waals surface area contributed by atoms with Crippen LogP contribution in [0.25, 0.3) is 0 Å². The predicted molar refractivity (Wildman–Crippen MR) is 128 cm³/mol. The van der Waals surface area contributed by atoms with E-state index in [4.69, 9.17) is 11.6 Å². The molecule has 0 heterocycles. The normalized spacial score (nSPS) is 11.2. The van der Waals surface area contributed by atoms with Gasteiger partial charge in [0, 0.05) is 22.0 Å². The molecule has 0 aliphatic heterocycles. The van der Waals surface area contributed by atoms with Crippen LogP contribution in [0.4, 0.5) is 11.4 Å². The fraction of sp³-hybridized carbons (Fsp3) is 0.231. The Morgan fingerprint density at radius 1 is 0.839 bits per heavy atom. The van der Waals surface area contributed by atoms with Crippen molar-refractivity contribution in [2.45, 2.75) is 40.2 Å². The first-order valence-electron chi connectivity index (χ1n) is 10.2. The van der Waals surface area contributed by atoms with Crippen LogP contribution in [-0.4, -0.2) is 17.4 Å². The van der Waals surface area contributed by atoms with Crippen LogP contribution in [0.2, 0.25) is 5.02 Å². The number of hydrogen-bond acceptors (Lipinski definition) is 2. The van der Waals surface area contributed by atoms with E-state index in [2.05, 4.69) is 5.32 Å². The fourth-order valence-electron chi connectivity index (χ4n) is 3.49. The molecule has 3 aromatic carbocycles. The molecule has 0 unspecified atom stereocenters. The molecule has 0 aliphatic carbocycles. The van der Waals surface area contributed by atoms with Gasteiger partial charge in [-0.15, -0.1) is 0 Å². The second kappa shape index (κ2) is 8.94. The average molecular weight is 435 g/mol. The van der Waals surface area contributed by atoms with Gasteiger partial charge in [0.25, 0.3) is 5.91 Å². The van der Waals surface area contributed by atoms with Gasteiger partial charge in [0.2, 0.25) is 5.91 Å². The van der Waals surface area contributed by atoms with Crippen molar-refractivity contribution in [3.8, 4) is 0 Å². The Morgan fingerprint density at radius 2 is 1.39 bits per heavy atom. The molecule has 0 spiro atoms. The third kappa shape index (κ3) is 4.80. The van der Waals surface area contributed by atoms with Crippen LogP contribution in [0, 0.1) is 20.8 Å². The summed E-state index contributed by atoms with van der Waals surface area (Å²) in [6.45, 7) is 9.39. The molecule has 2 amide bonds. The Labute approximate surface area is 188 Å². The highest BCUT2D eigenvalue weighted by Gasteiger charge is 2.39. The molecule has 0 radical (unpaired) electrons. The molecule has 160 valence electrons. The number of carbonyl (C=O) groups is 2. The molecule has 0 bridgehead atoms. The number of anilines is 2. The molecule has 0 saturated heterocycles. The zero-order chi connectivity index (χ0) is 22.8. The summed E-state index contributed by atoms with van der Waals surface area (Å²) in [7, 11) is 0. The monoisotopic (exact) mass is 434 g/mol. The van der Waals surface area contributed by atoms with Gasteiger partial charge in [0.1, 0.15) is 5.54 Å². The molecular weight excluding hydrogens is 408 g/mol. The summed E-state index contributed by atoms with van der Waals surface area (Å²) in [5.74, 6) is -0.546. The number of nitrogens with zero attached hydrogens (tertiary/aromatic N) is 1. The Morgan fingerprint density at radius 3 is 1.94 bits per heavy atom. The van der Waals surface area contributed by atoms with Crippen LogP contribution in [0.3, 0.4) is 0 Å². The molecule has 3 aromatic rings. The minimum atomic E-state index is -1.17. The number of rotatable bonds is 5. The number of hydrogen-bond donors (Lipinski definition) is 1. The lowest BCUT2D eigenvalue weighted by Crippen LogP contribution is -2.55. The van der Waals surface area contributed by atoms with Gasteiger partial charge in [-0.25, -0.2) is 0 Å². The first kappa shape index (κ1) is 22.6. The fourth-order valence-corrected chi connectivity index (χ4v) is 3.61. The summed E-state index contributed by atoms with van der Waals surface area (Å²) in [6, 6.07) is 20.1. The van der Waals surface area contributed by atoms with E-state index in [-0.39, 0.29) is 11.8 Å². The van der Waals surface area contributed by atoms with Gasteiger partial charge < -0.3 is 5.32 Å². The van der Waals surface area contributed by atoms with Crippen LogP contribution in [0.15, 0.2) is 66.7 Å². The number of benzene rings is 3. The van der Waals surface area contributed by atoms with Crippen molar-refractivity contribution in [3.63, 3.8) is 0 Å². The smallest absolute Gasteiger partial charge is 0.259 e. The summed E-state index contributed by atoms with van der Waals surface area (Å²) >= 11 is 6.00. The second-order valence-electron chi connectivity index (χ2n) is 8.26.